The fraction of sp³-hybridized carbons (Fsp3) is 0.556. The molecule has 128 valence electrons. The Morgan fingerprint density at radius 1 is 1.38 bits per heavy atom. The number of fused-ring (bicyclic) bond motifs is 2. The Morgan fingerprint density at radius 3 is 3.00 bits per heavy atom. The number of nitrogens with zero attached hydrogens (tertiary/aromatic N) is 4. The van der Waals surface area contributed by atoms with Gasteiger partial charge in [0.05, 0.1) is 23.1 Å². The molecule has 0 radical (unpaired) electrons. The molecule has 1 saturated heterocycles. The molecule has 24 heavy (non-hydrogen) atoms. The molecule has 2 aromatic rings. The van der Waals surface area contributed by atoms with E-state index in [0.717, 1.165) is 44.6 Å². The van der Waals surface area contributed by atoms with Gasteiger partial charge >= 0.3 is 0 Å². The molecule has 0 bridgehead atoms. The van der Waals surface area contributed by atoms with Crippen LogP contribution in [0.1, 0.15) is 42.7 Å². The number of thiophene rings is 1. The summed E-state index contributed by atoms with van der Waals surface area (Å²) in [6.07, 6.45) is 6.09. The van der Waals surface area contributed by atoms with Crippen LogP contribution in [0.15, 0.2) is 29.4 Å². The van der Waals surface area contributed by atoms with E-state index in [1.807, 2.05) is 34.3 Å². The molecule has 0 aliphatic carbocycles. The summed E-state index contributed by atoms with van der Waals surface area (Å²) in [7, 11) is 0. The summed E-state index contributed by atoms with van der Waals surface area (Å²) in [6, 6.07) is 2.42. The molecule has 2 aliphatic rings. The maximum atomic E-state index is 12.8. The smallest absolute Gasteiger partial charge is 0.254 e. The molecule has 1 spiro atoms. The molecule has 0 saturated carbocycles. The highest BCUT2D eigenvalue weighted by Gasteiger charge is 2.44. The van der Waals surface area contributed by atoms with Crippen molar-refractivity contribution in [2.24, 2.45) is 0 Å². The molecule has 2 aromatic heterocycles. The van der Waals surface area contributed by atoms with E-state index in [0.29, 0.717) is 6.04 Å². The number of amides is 1. The average Bonchev–Trinajstić information content (AvgIpc) is 3.26. The van der Waals surface area contributed by atoms with Crippen molar-refractivity contribution < 1.29 is 4.79 Å². The van der Waals surface area contributed by atoms with Crippen LogP contribution in [0.3, 0.4) is 0 Å². The summed E-state index contributed by atoms with van der Waals surface area (Å²) in [6.45, 7) is 8.05. The number of hydrogen-bond donors (Lipinski definition) is 0. The lowest BCUT2D eigenvalue weighted by molar-refractivity contribution is 0.0178. The second kappa shape index (κ2) is 6.01. The van der Waals surface area contributed by atoms with Crippen LogP contribution in [0, 0.1) is 0 Å². The average molecular weight is 344 g/mol. The minimum atomic E-state index is -0.0434. The zero-order chi connectivity index (χ0) is 16.7. The first-order valence-electron chi connectivity index (χ1n) is 8.66. The van der Waals surface area contributed by atoms with Crippen LogP contribution in [0.25, 0.3) is 0 Å². The van der Waals surface area contributed by atoms with Gasteiger partial charge in [-0.3, -0.25) is 9.69 Å². The van der Waals surface area contributed by atoms with Gasteiger partial charge in [-0.25, -0.2) is 4.98 Å². The number of hydrogen-bond acceptors (Lipinski definition) is 4. The zero-order valence-corrected chi connectivity index (χ0v) is 15.1. The van der Waals surface area contributed by atoms with Crippen molar-refractivity contribution in [1.82, 2.24) is 19.4 Å². The van der Waals surface area contributed by atoms with Gasteiger partial charge in [0, 0.05) is 43.8 Å². The number of rotatable bonds is 2. The highest BCUT2D eigenvalue weighted by atomic mass is 32.1. The zero-order valence-electron chi connectivity index (χ0n) is 14.3. The number of imidazole rings is 1. The maximum absolute atomic E-state index is 12.8. The standard InChI is InChI=1S/C18H24N4OS/c1-14(2)21-9-16-8-19-13-22(16)18(12-21)5-3-6-20(11-18)17(23)15-4-7-24-10-15/h4,7-8,10,13-14H,3,5-6,9,11-12H2,1-2H3. The summed E-state index contributed by atoms with van der Waals surface area (Å²) >= 11 is 1.58. The Labute approximate surface area is 146 Å². The van der Waals surface area contributed by atoms with Crippen molar-refractivity contribution in [1.29, 1.82) is 0 Å². The first-order valence-corrected chi connectivity index (χ1v) is 9.61. The molecule has 2 aliphatic heterocycles. The number of carbonyl (C=O) groups is 1. The normalized spacial score (nSPS) is 24.5. The van der Waals surface area contributed by atoms with Crippen molar-refractivity contribution in [3.8, 4) is 0 Å². The number of aromatic nitrogens is 2. The van der Waals surface area contributed by atoms with Crippen LogP contribution >= 0.6 is 11.3 Å². The van der Waals surface area contributed by atoms with Crippen molar-refractivity contribution in [2.45, 2.75) is 44.8 Å². The van der Waals surface area contributed by atoms with Crippen LogP contribution in [0.4, 0.5) is 0 Å². The predicted octanol–water partition coefficient (Wildman–Crippen LogP) is 2.80. The number of likely N-dealkylation sites (tertiary alicyclic amines) is 1. The molecule has 1 atom stereocenters. The fourth-order valence-corrected chi connectivity index (χ4v) is 4.76. The van der Waals surface area contributed by atoms with Gasteiger partial charge in [-0.2, -0.15) is 11.3 Å². The van der Waals surface area contributed by atoms with E-state index in [2.05, 4.69) is 28.3 Å². The van der Waals surface area contributed by atoms with E-state index in [9.17, 15) is 4.79 Å². The Morgan fingerprint density at radius 2 is 2.25 bits per heavy atom. The molecule has 4 rings (SSSR count). The first kappa shape index (κ1) is 15.8. The van der Waals surface area contributed by atoms with Gasteiger partial charge in [0.1, 0.15) is 0 Å². The van der Waals surface area contributed by atoms with Gasteiger partial charge in [0.2, 0.25) is 0 Å². The van der Waals surface area contributed by atoms with Crippen LogP contribution in [-0.4, -0.2) is 50.9 Å². The molecular formula is C18H24N4OS. The highest BCUT2D eigenvalue weighted by molar-refractivity contribution is 7.08. The van der Waals surface area contributed by atoms with Crippen molar-refractivity contribution in [3.63, 3.8) is 0 Å². The highest BCUT2D eigenvalue weighted by Crippen LogP contribution is 2.36. The molecule has 1 unspecified atom stereocenters. The molecule has 0 aromatic carbocycles. The van der Waals surface area contributed by atoms with E-state index in [1.54, 1.807) is 11.3 Å². The maximum Gasteiger partial charge on any atom is 0.254 e. The van der Waals surface area contributed by atoms with E-state index >= 15 is 0 Å². The lowest BCUT2D eigenvalue weighted by Crippen LogP contribution is -2.60. The summed E-state index contributed by atoms with van der Waals surface area (Å²) in [5.41, 5.74) is 2.04. The quantitative estimate of drug-likeness (QED) is 0.841. The summed E-state index contributed by atoms with van der Waals surface area (Å²) in [4.78, 5) is 21.8. The van der Waals surface area contributed by atoms with E-state index in [4.69, 9.17) is 0 Å². The summed E-state index contributed by atoms with van der Waals surface area (Å²) < 4.78 is 2.35. The SMILES string of the molecule is CC(C)N1Cc2cncn2C2(CCCN(C(=O)c3ccsc3)C2)C1. The molecule has 1 amide bonds. The lowest BCUT2D eigenvalue weighted by Gasteiger charge is -2.50. The Kier molecular flexibility index (Phi) is 3.96. The third kappa shape index (κ3) is 2.58. The molecule has 0 N–H and O–H groups in total. The van der Waals surface area contributed by atoms with Gasteiger partial charge in [-0.05, 0) is 38.1 Å². The second-order valence-electron chi connectivity index (χ2n) is 7.32. The third-order valence-electron chi connectivity index (χ3n) is 5.43. The number of piperidine rings is 1. The Balaban J connectivity index is 1.65. The van der Waals surface area contributed by atoms with Crippen LogP contribution in [-0.2, 0) is 12.1 Å². The van der Waals surface area contributed by atoms with E-state index < -0.39 is 0 Å². The van der Waals surface area contributed by atoms with Crippen LogP contribution in [0.5, 0.6) is 0 Å². The largest absolute Gasteiger partial charge is 0.336 e. The predicted molar refractivity (Wildman–Crippen MR) is 95.2 cm³/mol. The summed E-state index contributed by atoms with van der Waals surface area (Å²) in [5.74, 6) is 0.165. The van der Waals surface area contributed by atoms with Gasteiger partial charge < -0.3 is 9.47 Å². The van der Waals surface area contributed by atoms with Crippen molar-refractivity contribution in [3.05, 3.63) is 40.6 Å². The van der Waals surface area contributed by atoms with Crippen molar-refractivity contribution >= 4 is 17.2 Å². The third-order valence-corrected chi connectivity index (χ3v) is 6.11. The van der Waals surface area contributed by atoms with Crippen LogP contribution in [0.2, 0.25) is 0 Å². The molecular weight excluding hydrogens is 320 g/mol. The minimum Gasteiger partial charge on any atom is -0.336 e. The van der Waals surface area contributed by atoms with E-state index in [-0.39, 0.29) is 11.4 Å². The molecule has 1 fully saturated rings. The van der Waals surface area contributed by atoms with Gasteiger partial charge in [0.25, 0.3) is 5.91 Å². The number of carbonyl (C=O) groups excluding carboxylic acids is 1. The van der Waals surface area contributed by atoms with Gasteiger partial charge in [0.15, 0.2) is 0 Å². The molecule has 4 heterocycles. The molecule has 6 heteroatoms. The Bertz CT molecular complexity index is 723. The van der Waals surface area contributed by atoms with Gasteiger partial charge in [-0.1, -0.05) is 0 Å². The Hall–Kier alpha value is -1.66. The first-order chi connectivity index (χ1) is 11.6. The topological polar surface area (TPSA) is 41.4 Å². The van der Waals surface area contributed by atoms with E-state index in [1.165, 1.54) is 5.69 Å². The molecule has 5 nitrogen and oxygen atoms in total. The van der Waals surface area contributed by atoms with Gasteiger partial charge in [-0.15, -0.1) is 0 Å². The van der Waals surface area contributed by atoms with Crippen molar-refractivity contribution in [2.75, 3.05) is 19.6 Å². The summed E-state index contributed by atoms with van der Waals surface area (Å²) in [5, 5.41) is 3.93. The minimum absolute atomic E-state index is 0.0434. The monoisotopic (exact) mass is 344 g/mol. The fourth-order valence-electron chi connectivity index (χ4n) is 4.13. The lowest BCUT2D eigenvalue weighted by atomic mass is 9.85. The van der Waals surface area contributed by atoms with Crippen LogP contribution < -0.4 is 0 Å². The second-order valence-corrected chi connectivity index (χ2v) is 8.10.